The first-order chi connectivity index (χ1) is 8.11. The third kappa shape index (κ3) is 2.46. The van der Waals surface area contributed by atoms with Crippen LogP contribution in [0, 0.1) is 5.82 Å². The molecule has 0 N–H and O–H groups in total. The number of carbonyl (C=O) groups is 1. The second kappa shape index (κ2) is 4.82. The Labute approximate surface area is 107 Å². The first-order valence-corrected chi connectivity index (χ1v) is 5.43. The van der Waals surface area contributed by atoms with Crippen molar-refractivity contribution in [2.24, 2.45) is 0 Å². The van der Waals surface area contributed by atoms with Gasteiger partial charge in [-0.05, 0) is 24.3 Å². The van der Waals surface area contributed by atoms with E-state index in [1.165, 1.54) is 6.07 Å². The molecule has 0 aliphatic heterocycles. The van der Waals surface area contributed by atoms with Gasteiger partial charge in [-0.25, -0.2) is 4.39 Å². The largest absolute Gasteiger partial charge is 0.298 e. The summed E-state index contributed by atoms with van der Waals surface area (Å²) in [6.07, 6.45) is 1.57. The minimum absolute atomic E-state index is 0.147. The zero-order chi connectivity index (χ0) is 12.4. The fourth-order valence-corrected chi connectivity index (χ4v) is 1.95. The van der Waals surface area contributed by atoms with E-state index in [9.17, 15) is 9.18 Å². The summed E-state index contributed by atoms with van der Waals surface area (Å²) in [7, 11) is 0. The summed E-state index contributed by atoms with van der Waals surface area (Å²) < 4.78 is 12.9. The van der Waals surface area contributed by atoms with Gasteiger partial charge in [0.25, 0.3) is 0 Å². The SMILES string of the molecule is O=Cc1cc(F)cnc1-c1ccc(Cl)cc1Cl. The Kier molecular flexibility index (Phi) is 3.41. The van der Waals surface area contributed by atoms with E-state index in [-0.39, 0.29) is 5.56 Å². The van der Waals surface area contributed by atoms with Gasteiger partial charge in [-0.1, -0.05) is 23.2 Å². The molecule has 1 aromatic heterocycles. The van der Waals surface area contributed by atoms with Crippen LogP contribution in [0.4, 0.5) is 4.39 Å². The van der Waals surface area contributed by atoms with Crippen LogP contribution in [0.5, 0.6) is 0 Å². The number of halogens is 3. The molecule has 0 atom stereocenters. The molecule has 0 fully saturated rings. The summed E-state index contributed by atoms with van der Waals surface area (Å²) in [6.45, 7) is 0. The van der Waals surface area contributed by atoms with E-state index >= 15 is 0 Å². The summed E-state index contributed by atoms with van der Waals surface area (Å²) in [4.78, 5) is 14.7. The lowest BCUT2D eigenvalue weighted by molar-refractivity contribution is 0.112. The lowest BCUT2D eigenvalue weighted by Gasteiger charge is -2.06. The first-order valence-electron chi connectivity index (χ1n) is 4.68. The lowest BCUT2D eigenvalue weighted by Crippen LogP contribution is -1.94. The van der Waals surface area contributed by atoms with Crippen molar-refractivity contribution in [1.82, 2.24) is 4.98 Å². The van der Waals surface area contributed by atoms with Crippen molar-refractivity contribution in [2.45, 2.75) is 0 Å². The zero-order valence-electron chi connectivity index (χ0n) is 8.45. The van der Waals surface area contributed by atoms with Gasteiger partial charge in [-0.15, -0.1) is 0 Å². The van der Waals surface area contributed by atoms with E-state index in [2.05, 4.69) is 4.98 Å². The number of aromatic nitrogens is 1. The Morgan fingerprint density at radius 2 is 2.00 bits per heavy atom. The number of hydrogen-bond donors (Lipinski definition) is 0. The highest BCUT2D eigenvalue weighted by atomic mass is 35.5. The third-order valence-electron chi connectivity index (χ3n) is 2.20. The molecule has 5 heteroatoms. The van der Waals surface area contributed by atoms with Gasteiger partial charge in [0.05, 0.1) is 16.9 Å². The molecule has 0 bridgehead atoms. The number of benzene rings is 1. The monoisotopic (exact) mass is 269 g/mol. The number of carbonyl (C=O) groups excluding carboxylic acids is 1. The fourth-order valence-electron chi connectivity index (χ4n) is 1.45. The molecule has 0 unspecified atom stereocenters. The van der Waals surface area contributed by atoms with Crippen LogP contribution in [0.2, 0.25) is 10.0 Å². The number of pyridine rings is 1. The molecule has 0 saturated heterocycles. The Balaban J connectivity index is 2.63. The quantitative estimate of drug-likeness (QED) is 0.772. The molecule has 0 saturated carbocycles. The maximum atomic E-state index is 12.9. The Bertz CT molecular complexity index is 587. The predicted molar refractivity (Wildman–Crippen MR) is 65.0 cm³/mol. The van der Waals surface area contributed by atoms with E-state index in [4.69, 9.17) is 23.2 Å². The van der Waals surface area contributed by atoms with Gasteiger partial charge < -0.3 is 0 Å². The van der Waals surface area contributed by atoms with Crippen molar-refractivity contribution in [2.75, 3.05) is 0 Å². The van der Waals surface area contributed by atoms with E-state index in [0.29, 0.717) is 27.6 Å². The van der Waals surface area contributed by atoms with E-state index in [1.54, 1.807) is 12.1 Å². The highest BCUT2D eigenvalue weighted by Crippen LogP contribution is 2.30. The molecule has 2 aromatic rings. The molecule has 0 amide bonds. The molecule has 0 aliphatic carbocycles. The van der Waals surface area contributed by atoms with Crippen LogP contribution in [0.25, 0.3) is 11.3 Å². The van der Waals surface area contributed by atoms with Crippen molar-refractivity contribution >= 4 is 29.5 Å². The first kappa shape index (κ1) is 12.0. The lowest BCUT2D eigenvalue weighted by atomic mass is 10.1. The summed E-state index contributed by atoms with van der Waals surface area (Å²) >= 11 is 11.8. The summed E-state index contributed by atoms with van der Waals surface area (Å²) in [5.41, 5.74) is 1.02. The van der Waals surface area contributed by atoms with E-state index < -0.39 is 5.82 Å². The fraction of sp³-hybridized carbons (Fsp3) is 0. The van der Waals surface area contributed by atoms with Gasteiger partial charge in [0.15, 0.2) is 6.29 Å². The van der Waals surface area contributed by atoms with Gasteiger partial charge in [0, 0.05) is 16.1 Å². The maximum Gasteiger partial charge on any atom is 0.152 e. The van der Waals surface area contributed by atoms with Crippen molar-refractivity contribution in [3.8, 4) is 11.3 Å². The molecule has 86 valence electrons. The number of nitrogens with zero attached hydrogens (tertiary/aromatic N) is 1. The molecular formula is C12H6Cl2FNO. The highest BCUT2D eigenvalue weighted by Gasteiger charge is 2.11. The average molecular weight is 270 g/mol. The molecular weight excluding hydrogens is 264 g/mol. The van der Waals surface area contributed by atoms with Gasteiger partial charge in [0.1, 0.15) is 5.82 Å². The van der Waals surface area contributed by atoms with Crippen molar-refractivity contribution < 1.29 is 9.18 Å². The van der Waals surface area contributed by atoms with Crippen molar-refractivity contribution in [3.63, 3.8) is 0 Å². The molecule has 2 nitrogen and oxygen atoms in total. The molecule has 0 aliphatic rings. The zero-order valence-corrected chi connectivity index (χ0v) is 9.97. The van der Waals surface area contributed by atoms with Gasteiger partial charge in [-0.2, -0.15) is 0 Å². The van der Waals surface area contributed by atoms with Crippen LogP contribution >= 0.6 is 23.2 Å². The Morgan fingerprint density at radius 3 is 2.65 bits per heavy atom. The van der Waals surface area contributed by atoms with E-state index in [1.807, 2.05) is 0 Å². The standard InChI is InChI=1S/C12H6Cl2FNO/c13-8-1-2-10(11(14)4-8)12-7(6-17)3-9(15)5-16-12/h1-6H. The molecule has 1 heterocycles. The second-order valence-electron chi connectivity index (χ2n) is 3.33. The van der Waals surface area contributed by atoms with Crippen LogP contribution in [-0.4, -0.2) is 11.3 Å². The predicted octanol–water partition coefficient (Wildman–Crippen LogP) is 4.01. The Morgan fingerprint density at radius 1 is 1.24 bits per heavy atom. The molecule has 1 aromatic carbocycles. The topological polar surface area (TPSA) is 30.0 Å². The average Bonchev–Trinajstić information content (AvgIpc) is 2.30. The normalized spacial score (nSPS) is 10.3. The summed E-state index contributed by atoms with van der Waals surface area (Å²) in [5.74, 6) is -0.569. The minimum atomic E-state index is -0.569. The van der Waals surface area contributed by atoms with Crippen LogP contribution in [0.1, 0.15) is 10.4 Å². The minimum Gasteiger partial charge on any atom is -0.298 e. The molecule has 0 spiro atoms. The Hall–Kier alpha value is -1.45. The highest BCUT2D eigenvalue weighted by molar-refractivity contribution is 6.36. The second-order valence-corrected chi connectivity index (χ2v) is 4.18. The molecule has 2 rings (SSSR count). The summed E-state index contributed by atoms with van der Waals surface area (Å²) in [5, 5.41) is 0.841. The summed E-state index contributed by atoms with van der Waals surface area (Å²) in [6, 6.07) is 5.92. The van der Waals surface area contributed by atoms with E-state index in [0.717, 1.165) is 12.3 Å². The van der Waals surface area contributed by atoms with Crippen molar-refractivity contribution in [1.29, 1.82) is 0 Å². The smallest absolute Gasteiger partial charge is 0.152 e. The third-order valence-corrected chi connectivity index (χ3v) is 2.74. The van der Waals surface area contributed by atoms with Crippen LogP contribution in [0.3, 0.4) is 0 Å². The van der Waals surface area contributed by atoms with Crippen molar-refractivity contribution in [3.05, 3.63) is 51.9 Å². The van der Waals surface area contributed by atoms with Crippen LogP contribution in [0.15, 0.2) is 30.5 Å². The van der Waals surface area contributed by atoms with Gasteiger partial charge >= 0.3 is 0 Å². The number of hydrogen-bond acceptors (Lipinski definition) is 2. The van der Waals surface area contributed by atoms with Gasteiger partial charge in [-0.3, -0.25) is 9.78 Å². The van der Waals surface area contributed by atoms with Gasteiger partial charge in [0.2, 0.25) is 0 Å². The van der Waals surface area contributed by atoms with Crippen LogP contribution < -0.4 is 0 Å². The number of aldehydes is 1. The molecule has 17 heavy (non-hydrogen) atoms. The molecule has 0 radical (unpaired) electrons. The van der Waals surface area contributed by atoms with Crippen LogP contribution in [-0.2, 0) is 0 Å². The number of rotatable bonds is 2. The maximum absolute atomic E-state index is 12.9.